The van der Waals surface area contributed by atoms with E-state index >= 15 is 0 Å². The second kappa shape index (κ2) is 8.99. The van der Waals surface area contributed by atoms with Crippen molar-refractivity contribution in [1.82, 2.24) is 14.8 Å². The topological polar surface area (TPSA) is 95.1 Å². The summed E-state index contributed by atoms with van der Waals surface area (Å²) in [6.07, 6.45) is 0.772. The lowest BCUT2D eigenvalue weighted by molar-refractivity contribution is 0.0247. The summed E-state index contributed by atoms with van der Waals surface area (Å²) in [5, 5.41) is 8.94. The number of aromatic nitrogens is 3. The number of halogens is 3. The van der Waals surface area contributed by atoms with Gasteiger partial charge >= 0.3 is 0 Å². The molecule has 0 radical (unpaired) electrons. The molecule has 4 rings (SSSR count). The van der Waals surface area contributed by atoms with Gasteiger partial charge in [0, 0.05) is 24.0 Å². The van der Waals surface area contributed by atoms with Crippen LogP contribution in [0.1, 0.15) is 35.1 Å². The van der Waals surface area contributed by atoms with E-state index in [4.69, 9.17) is 22.1 Å². The van der Waals surface area contributed by atoms with Crippen molar-refractivity contribution in [2.75, 3.05) is 11.9 Å². The number of hydrogen-bond donors (Lipinski definition) is 2. The Hall–Kier alpha value is -2.40. The molecule has 0 unspecified atom stereocenters. The molecule has 1 aliphatic heterocycles. The van der Waals surface area contributed by atoms with Crippen LogP contribution in [0.3, 0.4) is 0 Å². The molecule has 0 bridgehead atoms. The zero-order valence-corrected chi connectivity index (χ0v) is 18.1. The van der Waals surface area contributed by atoms with Crippen LogP contribution in [0, 0.1) is 5.82 Å². The summed E-state index contributed by atoms with van der Waals surface area (Å²) in [4.78, 5) is 17.1. The van der Waals surface area contributed by atoms with Crippen LogP contribution in [0.25, 0.3) is 10.6 Å². The lowest BCUT2D eigenvalue weighted by atomic mass is 10.0. The van der Waals surface area contributed by atoms with Crippen molar-refractivity contribution in [3.05, 3.63) is 52.0 Å². The first kappa shape index (κ1) is 21.8. The Bertz CT molecular complexity index is 1090. The van der Waals surface area contributed by atoms with E-state index in [-0.39, 0.29) is 17.3 Å². The van der Waals surface area contributed by atoms with Gasteiger partial charge in [-0.05, 0) is 18.9 Å². The van der Waals surface area contributed by atoms with Crippen LogP contribution in [-0.2, 0) is 11.8 Å². The summed E-state index contributed by atoms with van der Waals surface area (Å²) in [6, 6.07) is 3.83. The molecule has 1 aliphatic rings. The Morgan fingerprint density at radius 1 is 1.42 bits per heavy atom. The zero-order chi connectivity index (χ0) is 22.1. The van der Waals surface area contributed by atoms with E-state index in [0.29, 0.717) is 34.8 Å². The molecule has 3 aromatic rings. The number of nitrogens with two attached hydrogens (primary N) is 1. The number of amides is 1. The van der Waals surface area contributed by atoms with Crippen LogP contribution in [0.2, 0.25) is 5.02 Å². The number of benzene rings is 1. The smallest absolute Gasteiger partial charge is 0.275 e. The Morgan fingerprint density at radius 3 is 3.03 bits per heavy atom. The molecule has 0 spiro atoms. The highest BCUT2D eigenvalue weighted by molar-refractivity contribution is 7.13. The molecular formula is C20H20ClF2N5O2S. The minimum atomic E-state index is -1.24. The average molecular weight is 468 g/mol. The van der Waals surface area contributed by atoms with E-state index < -0.39 is 30.0 Å². The molecular weight excluding hydrogens is 448 g/mol. The number of ether oxygens (including phenoxy) is 1. The van der Waals surface area contributed by atoms with Gasteiger partial charge in [0.15, 0.2) is 0 Å². The van der Waals surface area contributed by atoms with Gasteiger partial charge in [0.25, 0.3) is 5.91 Å². The van der Waals surface area contributed by atoms with Crippen molar-refractivity contribution in [3.8, 4) is 10.6 Å². The summed E-state index contributed by atoms with van der Waals surface area (Å²) in [5.41, 5.74) is 7.45. The highest BCUT2D eigenvalue weighted by atomic mass is 35.5. The largest absolute Gasteiger partial charge is 0.369 e. The second-order valence-electron chi connectivity index (χ2n) is 7.24. The highest BCUT2D eigenvalue weighted by Crippen LogP contribution is 2.34. The van der Waals surface area contributed by atoms with Crippen molar-refractivity contribution in [3.63, 3.8) is 0 Å². The van der Waals surface area contributed by atoms with Gasteiger partial charge in [-0.25, -0.2) is 13.8 Å². The number of rotatable bonds is 4. The van der Waals surface area contributed by atoms with Crippen LogP contribution < -0.4 is 11.1 Å². The fourth-order valence-corrected chi connectivity index (χ4v) is 4.54. The Morgan fingerprint density at radius 2 is 2.23 bits per heavy atom. The monoisotopic (exact) mass is 467 g/mol. The van der Waals surface area contributed by atoms with E-state index in [1.54, 1.807) is 23.2 Å². The van der Waals surface area contributed by atoms with Gasteiger partial charge in [-0.15, -0.1) is 11.3 Å². The van der Waals surface area contributed by atoms with Gasteiger partial charge < -0.3 is 15.8 Å². The van der Waals surface area contributed by atoms with Crippen LogP contribution in [0.15, 0.2) is 29.8 Å². The quantitative estimate of drug-likeness (QED) is 0.602. The second-order valence-corrected chi connectivity index (χ2v) is 8.48. The molecule has 1 fully saturated rings. The molecule has 2 aromatic heterocycles. The predicted octanol–water partition coefficient (Wildman–Crippen LogP) is 4.11. The van der Waals surface area contributed by atoms with Crippen molar-refractivity contribution in [2.24, 2.45) is 12.8 Å². The van der Waals surface area contributed by atoms with Gasteiger partial charge in [-0.2, -0.15) is 5.10 Å². The van der Waals surface area contributed by atoms with Crippen LogP contribution in [0.5, 0.6) is 0 Å². The third-order valence-corrected chi connectivity index (χ3v) is 6.40. The Labute approximate surface area is 186 Å². The molecule has 1 amide bonds. The number of aryl methyl sites for hydroxylation is 1. The van der Waals surface area contributed by atoms with Gasteiger partial charge in [0.1, 0.15) is 28.8 Å². The van der Waals surface area contributed by atoms with Crippen LogP contribution in [-0.4, -0.2) is 39.5 Å². The molecule has 1 aromatic carbocycles. The third kappa shape index (κ3) is 4.47. The number of carbonyl (C=O) groups excluding carboxylic acids is 1. The molecule has 3 atom stereocenters. The number of nitrogens with zero attached hydrogens (tertiary/aromatic N) is 3. The summed E-state index contributed by atoms with van der Waals surface area (Å²) in [5.74, 6) is -1.02. The first-order chi connectivity index (χ1) is 14.8. The fourth-order valence-electron chi connectivity index (χ4n) is 3.44. The Balaban J connectivity index is 1.54. The predicted molar refractivity (Wildman–Crippen MR) is 114 cm³/mol. The fraction of sp³-hybridized carbons (Fsp3) is 0.350. The summed E-state index contributed by atoms with van der Waals surface area (Å²) in [7, 11) is 1.72. The number of alkyl halides is 1. The normalized spacial score (nSPS) is 21.6. The maximum absolute atomic E-state index is 13.9. The molecule has 1 saturated heterocycles. The first-order valence-electron chi connectivity index (χ1n) is 9.59. The number of anilines is 1. The number of nitrogens with one attached hydrogen (secondary N) is 1. The molecule has 0 saturated carbocycles. The number of thiazole rings is 1. The molecule has 3 heterocycles. The lowest BCUT2D eigenvalue weighted by Crippen LogP contribution is -2.32. The van der Waals surface area contributed by atoms with Gasteiger partial charge in [0.05, 0.1) is 29.2 Å². The number of carbonyl (C=O) groups is 1. The van der Waals surface area contributed by atoms with Crippen molar-refractivity contribution in [2.45, 2.75) is 31.2 Å². The molecule has 0 aliphatic carbocycles. The van der Waals surface area contributed by atoms with E-state index in [1.165, 1.54) is 29.7 Å². The first-order valence-corrected chi connectivity index (χ1v) is 10.8. The molecule has 7 nitrogen and oxygen atoms in total. The van der Waals surface area contributed by atoms with Gasteiger partial charge in [-0.1, -0.05) is 23.7 Å². The molecule has 11 heteroatoms. The van der Waals surface area contributed by atoms with Crippen LogP contribution >= 0.6 is 22.9 Å². The SMILES string of the molecule is Cn1ncc(NC(=O)c2csc(-c3cccc(F)c3Cl)n2)c1[C@@H]1CC[C@@H](N)[C@H](F)CO1. The van der Waals surface area contributed by atoms with E-state index in [9.17, 15) is 13.6 Å². The molecule has 3 N–H and O–H groups in total. The zero-order valence-electron chi connectivity index (χ0n) is 16.5. The highest BCUT2D eigenvalue weighted by Gasteiger charge is 2.30. The standard InChI is InChI=1S/C20H20ClF2N5O2S/c1-28-18(16-6-5-13(24)12(23)8-30-16)14(7-25-28)26-19(29)15-9-31-20(27-15)10-3-2-4-11(22)17(10)21/h2-4,7,9,12-13,16H,5-6,8,24H2,1H3,(H,26,29)/t12-,13-,16+/m1/s1. The van der Waals surface area contributed by atoms with Crippen molar-refractivity contribution >= 4 is 34.5 Å². The summed E-state index contributed by atoms with van der Waals surface area (Å²) >= 11 is 7.20. The third-order valence-electron chi connectivity index (χ3n) is 5.14. The minimum absolute atomic E-state index is 0.0479. The van der Waals surface area contributed by atoms with Gasteiger partial charge in [0.2, 0.25) is 0 Å². The Kier molecular flexibility index (Phi) is 6.33. The number of hydrogen-bond acceptors (Lipinski definition) is 6. The maximum atomic E-state index is 13.9. The minimum Gasteiger partial charge on any atom is -0.369 e. The summed E-state index contributed by atoms with van der Waals surface area (Å²) in [6.45, 7) is -0.117. The average Bonchev–Trinajstić information content (AvgIpc) is 3.33. The van der Waals surface area contributed by atoms with Crippen molar-refractivity contribution in [1.29, 1.82) is 0 Å². The van der Waals surface area contributed by atoms with E-state index in [2.05, 4.69) is 15.4 Å². The maximum Gasteiger partial charge on any atom is 0.275 e. The van der Waals surface area contributed by atoms with Crippen molar-refractivity contribution < 1.29 is 18.3 Å². The van der Waals surface area contributed by atoms with Crippen LogP contribution in [0.4, 0.5) is 14.5 Å². The molecule has 31 heavy (non-hydrogen) atoms. The van der Waals surface area contributed by atoms with E-state index in [0.717, 1.165) is 0 Å². The van der Waals surface area contributed by atoms with Gasteiger partial charge in [-0.3, -0.25) is 9.48 Å². The van der Waals surface area contributed by atoms with E-state index in [1.807, 2.05) is 0 Å². The summed E-state index contributed by atoms with van der Waals surface area (Å²) < 4.78 is 34.9. The lowest BCUT2D eigenvalue weighted by Gasteiger charge is -2.17. The molecule has 164 valence electrons.